The number of anilines is 1. The average Bonchev–Trinajstić information content (AvgIpc) is 2.49. The van der Waals surface area contributed by atoms with E-state index in [4.69, 9.17) is 17.3 Å². The van der Waals surface area contributed by atoms with Crippen LogP contribution in [0.25, 0.3) is 0 Å². The highest BCUT2D eigenvalue weighted by Crippen LogP contribution is 2.24. The summed E-state index contributed by atoms with van der Waals surface area (Å²) in [5.74, 6) is -0.333. The predicted octanol–water partition coefficient (Wildman–Crippen LogP) is 2.92. The molecule has 1 aromatic carbocycles. The van der Waals surface area contributed by atoms with Crippen LogP contribution in [0.5, 0.6) is 0 Å². The minimum Gasteiger partial charge on any atom is -0.338 e. The molecule has 0 radical (unpaired) electrons. The summed E-state index contributed by atoms with van der Waals surface area (Å²) in [7, 11) is 0. The minimum absolute atomic E-state index is 0. The van der Waals surface area contributed by atoms with E-state index in [9.17, 15) is 9.59 Å². The Morgan fingerprint density at radius 1 is 1.30 bits per heavy atom. The van der Waals surface area contributed by atoms with Crippen LogP contribution in [0.2, 0.25) is 5.02 Å². The van der Waals surface area contributed by atoms with Crippen molar-refractivity contribution < 1.29 is 9.59 Å². The van der Waals surface area contributed by atoms with Crippen LogP contribution in [0.3, 0.4) is 0 Å². The monoisotopic (exact) mass is 359 g/mol. The van der Waals surface area contributed by atoms with Crippen LogP contribution < -0.4 is 11.1 Å². The number of amides is 2. The van der Waals surface area contributed by atoms with Gasteiger partial charge in [-0.3, -0.25) is 9.59 Å². The van der Waals surface area contributed by atoms with Gasteiger partial charge in [-0.2, -0.15) is 0 Å². The van der Waals surface area contributed by atoms with Gasteiger partial charge in [-0.1, -0.05) is 25.4 Å². The van der Waals surface area contributed by atoms with Crippen LogP contribution in [-0.2, 0) is 4.79 Å². The number of piperidine rings is 1. The summed E-state index contributed by atoms with van der Waals surface area (Å²) < 4.78 is 0. The molecular weight excluding hydrogens is 337 g/mol. The van der Waals surface area contributed by atoms with Crippen LogP contribution in [-0.4, -0.2) is 35.8 Å². The van der Waals surface area contributed by atoms with E-state index in [0.29, 0.717) is 29.4 Å². The number of hydrogen-bond acceptors (Lipinski definition) is 3. The first-order chi connectivity index (χ1) is 10.4. The van der Waals surface area contributed by atoms with E-state index < -0.39 is 0 Å². The number of carbonyl (C=O) groups excluding carboxylic acids is 2. The van der Waals surface area contributed by atoms with Gasteiger partial charge in [0.25, 0.3) is 5.91 Å². The summed E-state index contributed by atoms with van der Waals surface area (Å²) in [4.78, 5) is 26.1. The molecule has 23 heavy (non-hydrogen) atoms. The van der Waals surface area contributed by atoms with Gasteiger partial charge in [0.05, 0.1) is 10.6 Å². The fourth-order valence-electron chi connectivity index (χ4n) is 2.33. The van der Waals surface area contributed by atoms with Gasteiger partial charge >= 0.3 is 0 Å². The van der Waals surface area contributed by atoms with Crippen LogP contribution in [0, 0.1) is 5.92 Å². The molecule has 2 amide bonds. The van der Waals surface area contributed by atoms with Crippen LogP contribution in [0.4, 0.5) is 5.69 Å². The zero-order valence-electron chi connectivity index (χ0n) is 13.3. The third kappa shape index (κ3) is 5.09. The molecule has 0 saturated carbocycles. The van der Waals surface area contributed by atoms with Crippen molar-refractivity contribution in [2.45, 2.75) is 32.7 Å². The lowest BCUT2D eigenvalue weighted by atomic mass is 10.0. The molecule has 3 N–H and O–H groups in total. The molecular formula is C16H23Cl2N3O2. The number of carbonyl (C=O) groups is 2. The molecule has 1 heterocycles. The highest BCUT2D eigenvalue weighted by atomic mass is 35.5. The number of halogens is 2. The fourth-order valence-corrected chi connectivity index (χ4v) is 2.52. The molecule has 7 heteroatoms. The second-order valence-electron chi connectivity index (χ2n) is 5.97. The molecule has 1 aromatic rings. The molecule has 1 aliphatic rings. The zero-order valence-corrected chi connectivity index (χ0v) is 14.9. The molecule has 0 bridgehead atoms. The molecule has 1 fully saturated rings. The van der Waals surface area contributed by atoms with Gasteiger partial charge in [0, 0.05) is 30.7 Å². The molecule has 0 aliphatic carbocycles. The predicted molar refractivity (Wildman–Crippen MR) is 95.3 cm³/mol. The van der Waals surface area contributed by atoms with Gasteiger partial charge in [-0.05, 0) is 31.0 Å². The number of likely N-dealkylation sites (tertiary alicyclic amines) is 1. The smallest absolute Gasteiger partial charge is 0.255 e. The Balaban J connectivity index is 0.00000264. The van der Waals surface area contributed by atoms with E-state index in [0.717, 1.165) is 12.8 Å². The summed E-state index contributed by atoms with van der Waals surface area (Å²) in [5, 5.41) is 3.18. The van der Waals surface area contributed by atoms with Crippen molar-refractivity contribution in [1.29, 1.82) is 0 Å². The average molecular weight is 360 g/mol. The summed E-state index contributed by atoms with van der Waals surface area (Å²) in [6.07, 6.45) is 1.60. The second-order valence-corrected chi connectivity index (χ2v) is 6.38. The van der Waals surface area contributed by atoms with Crippen molar-refractivity contribution >= 4 is 41.5 Å². The third-order valence-corrected chi connectivity index (χ3v) is 4.15. The normalized spacial score (nSPS) is 15.3. The Bertz CT molecular complexity index is 570. The maximum absolute atomic E-state index is 12.6. The summed E-state index contributed by atoms with van der Waals surface area (Å²) in [6, 6.07) is 5.14. The first-order valence-corrected chi connectivity index (χ1v) is 7.91. The lowest BCUT2D eigenvalue weighted by molar-refractivity contribution is -0.118. The van der Waals surface area contributed by atoms with E-state index in [1.165, 1.54) is 0 Å². The van der Waals surface area contributed by atoms with E-state index in [2.05, 4.69) is 5.32 Å². The number of benzene rings is 1. The van der Waals surface area contributed by atoms with E-state index in [1.54, 1.807) is 23.1 Å². The van der Waals surface area contributed by atoms with Crippen molar-refractivity contribution in [3.8, 4) is 0 Å². The van der Waals surface area contributed by atoms with Crippen LogP contribution in [0.15, 0.2) is 18.2 Å². The lowest BCUT2D eigenvalue weighted by Crippen LogP contribution is -2.42. The minimum atomic E-state index is -0.126. The maximum atomic E-state index is 12.6. The molecule has 0 spiro atoms. The number of rotatable bonds is 3. The van der Waals surface area contributed by atoms with Gasteiger partial charge in [-0.25, -0.2) is 0 Å². The molecule has 0 unspecified atom stereocenters. The van der Waals surface area contributed by atoms with Crippen molar-refractivity contribution in [2.75, 3.05) is 18.4 Å². The lowest BCUT2D eigenvalue weighted by Gasteiger charge is -2.30. The zero-order chi connectivity index (χ0) is 16.3. The Kier molecular flexibility index (Phi) is 7.32. The fraction of sp³-hybridized carbons (Fsp3) is 0.500. The molecule has 5 nitrogen and oxygen atoms in total. The number of nitrogens with one attached hydrogen (secondary N) is 1. The largest absolute Gasteiger partial charge is 0.338 e. The van der Waals surface area contributed by atoms with Gasteiger partial charge in [0.15, 0.2) is 0 Å². The number of nitrogens with two attached hydrogens (primary N) is 1. The van der Waals surface area contributed by atoms with E-state index in [1.807, 2.05) is 13.8 Å². The highest BCUT2D eigenvalue weighted by molar-refractivity contribution is 6.34. The number of nitrogens with zero attached hydrogens (tertiary/aromatic N) is 1. The third-order valence-electron chi connectivity index (χ3n) is 3.82. The number of hydrogen-bond donors (Lipinski definition) is 2. The van der Waals surface area contributed by atoms with Crippen LogP contribution >= 0.6 is 24.0 Å². The Labute approximate surface area is 148 Å². The summed E-state index contributed by atoms with van der Waals surface area (Å²) >= 11 is 6.15. The molecule has 0 aromatic heterocycles. The molecule has 2 rings (SSSR count). The second kappa shape index (κ2) is 8.52. The van der Waals surface area contributed by atoms with Crippen molar-refractivity contribution in [2.24, 2.45) is 11.7 Å². The molecule has 0 atom stereocenters. The SMILES string of the molecule is CC(C)C(=O)Nc1ccc(Cl)c(C(=O)N2CCC(N)CC2)c1.Cl. The first-order valence-electron chi connectivity index (χ1n) is 7.53. The molecule has 128 valence electrons. The van der Waals surface area contributed by atoms with Gasteiger partial charge < -0.3 is 16.0 Å². The van der Waals surface area contributed by atoms with E-state index >= 15 is 0 Å². The van der Waals surface area contributed by atoms with Crippen LogP contribution in [0.1, 0.15) is 37.0 Å². The highest BCUT2D eigenvalue weighted by Gasteiger charge is 2.23. The Hall–Kier alpha value is -1.30. The quantitative estimate of drug-likeness (QED) is 0.870. The van der Waals surface area contributed by atoms with Gasteiger partial charge in [0.2, 0.25) is 5.91 Å². The Morgan fingerprint density at radius 3 is 2.48 bits per heavy atom. The van der Waals surface area contributed by atoms with Gasteiger partial charge in [-0.15, -0.1) is 12.4 Å². The standard InChI is InChI=1S/C16H22ClN3O2.ClH/c1-10(2)15(21)19-12-3-4-14(17)13(9-12)16(22)20-7-5-11(18)6-8-20;/h3-4,9-11H,5-8,18H2,1-2H3,(H,19,21);1H. The summed E-state index contributed by atoms with van der Waals surface area (Å²) in [5.41, 5.74) is 6.86. The topological polar surface area (TPSA) is 75.4 Å². The van der Waals surface area contributed by atoms with Crippen molar-refractivity contribution in [3.63, 3.8) is 0 Å². The maximum Gasteiger partial charge on any atom is 0.255 e. The molecule has 1 saturated heterocycles. The van der Waals surface area contributed by atoms with Gasteiger partial charge in [0.1, 0.15) is 0 Å². The summed E-state index contributed by atoms with van der Waals surface area (Å²) in [6.45, 7) is 4.90. The Morgan fingerprint density at radius 2 is 1.91 bits per heavy atom. The first kappa shape index (κ1) is 19.7. The van der Waals surface area contributed by atoms with Crippen molar-refractivity contribution in [3.05, 3.63) is 28.8 Å². The molecule has 1 aliphatic heterocycles. The van der Waals surface area contributed by atoms with Crippen molar-refractivity contribution in [1.82, 2.24) is 4.90 Å². The van der Waals surface area contributed by atoms with E-state index in [-0.39, 0.29) is 36.2 Å².